The number of nitrogens with one attached hydrogen (secondary N) is 2. The average molecular weight is 505 g/mol. The number of nitrogens with zero attached hydrogens (tertiary/aromatic N) is 1. The molecule has 4 N–H and O–H groups in total. The minimum absolute atomic E-state index is 0.376. The smallest absolute Gasteiger partial charge is 0.0536 e. The predicted octanol–water partition coefficient (Wildman–Crippen LogP) is 8.08. The molecule has 0 heterocycles. The lowest BCUT2D eigenvalue weighted by atomic mass is 9.84. The number of nitrogens with two attached hydrogens (primary N) is 1. The van der Waals surface area contributed by atoms with Crippen LogP contribution in [0.2, 0.25) is 0 Å². The maximum absolute atomic E-state index is 6.72. The van der Waals surface area contributed by atoms with Crippen LogP contribution >= 0.6 is 0 Å². The molecule has 1 aliphatic rings. The fraction of sp³-hybridized carbons (Fsp3) is 0.515. The van der Waals surface area contributed by atoms with Crippen LogP contribution in [-0.2, 0) is 12.8 Å². The summed E-state index contributed by atoms with van der Waals surface area (Å²) in [5, 5.41) is 6.79. The van der Waals surface area contributed by atoms with Crippen LogP contribution in [0.4, 0.5) is 11.4 Å². The first kappa shape index (κ1) is 30.5. The van der Waals surface area contributed by atoms with Crippen molar-refractivity contribution in [2.24, 2.45) is 5.73 Å². The van der Waals surface area contributed by atoms with E-state index in [1.807, 2.05) is 7.05 Å². The molecule has 0 saturated carbocycles. The molecule has 0 fully saturated rings. The molecule has 0 unspecified atom stereocenters. The minimum atomic E-state index is 0.376. The van der Waals surface area contributed by atoms with Gasteiger partial charge in [0.1, 0.15) is 0 Å². The first-order valence-electron chi connectivity index (χ1n) is 14.4. The summed E-state index contributed by atoms with van der Waals surface area (Å²) in [6, 6.07) is 9.44. The van der Waals surface area contributed by atoms with Gasteiger partial charge in [0.2, 0.25) is 0 Å². The predicted molar refractivity (Wildman–Crippen MR) is 167 cm³/mol. The second kappa shape index (κ2) is 15.5. The standard InChI is InChI=1S/C29H42N4.C4H10/c1-7-11-25(30)28-26(33(6)17-16-31-5)19-24(27(20(4)8-2)29(28)32-9-3)23-15-14-21-12-10-13-22(21)18-23;1-3-4-2/h9,11,14-15,18-20,31-32H,3,7-8,10,12-13,16-17,30H2,1-2,4-6H3;3-4H2,1-2H3/b25-11+;/t20-;/m1./s1. The maximum Gasteiger partial charge on any atom is 0.0536 e. The summed E-state index contributed by atoms with van der Waals surface area (Å²) in [5.41, 5.74) is 17.8. The highest BCUT2D eigenvalue weighted by Crippen LogP contribution is 2.45. The lowest BCUT2D eigenvalue weighted by Crippen LogP contribution is -2.28. The Hall–Kier alpha value is -2.72. The van der Waals surface area contributed by atoms with Crippen molar-refractivity contribution in [2.75, 3.05) is 37.4 Å². The van der Waals surface area contributed by atoms with Crippen molar-refractivity contribution in [3.05, 3.63) is 65.4 Å². The summed E-state index contributed by atoms with van der Waals surface area (Å²) in [6.07, 6.45) is 12.1. The molecule has 1 aliphatic carbocycles. The third kappa shape index (κ3) is 7.64. The Morgan fingerprint density at radius 3 is 2.41 bits per heavy atom. The van der Waals surface area contributed by atoms with Gasteiger partial charge in [-0.1, -0.05) is 78.3 Å². The average Bonchev–Trinajstić information content (AvgIpc) is 3.39. The van der Waals surface area contributed by atoms with Crippen LogP contribution in [0, 0.1) is 0 Å². The van der Waals surface area contributed by atoms with E-state index in [9.17, 15) is 0 Å². The van der Waals surface area contributed by atoms with Gasteiger partial charge in [0.15, 0.2) is 0 Å². The topological polar surface area (TPSA) is 53.3 Å². The molecule has 37 heavy (non-hydrogen) atoms. The SMILES string of the molecule is C=CNc1c(/C(N)=C\CC)c(N(C)CCNC)cc(-c2ccc3c(c2)CCC3)c1[C@H](C)CC.CCCC. The monoisotopic (exact) mass is 504 g/mol. The van der Waals surface area contributed by atoms with E-state index in [-0.39, 0.29) is 0 Å². The molecule has 0 aliphatic heterocycles. The van der Waals surface area contributed by atoms with E-state index < -0.39 is 0 Å². The minimum Gasteiger partial charge on any atom is -0.398 e. The van der Waals surface area contributed by atoms with Gasteiger partial charge in [-0.3, -0.25) is 0 Å². The number of unbranched alkanes of at least 4 members (excludes halogenated alkanes) is 1. The van der Waals surface area contributed by atoms with Crippen LogP contribution in [0.3, 0.4) is 0 Å². The van der Waals surface area contributed by atoms with Crippen LogP contribution in [-0.4, -0.2) is 27.2 Å². The molecule has 204 valence electrons. The Labute approximate surface area is 227 Å². The van der Waals surface area contributed by atoms with E-state index in [2.05, 4.69) is 94.1 Å². The zero-order valence-corrected chi connectivity index (χ0v) is 24.6. The second-order valence-electron chi connectivity index (χ2n) is 10.2. The summed E-state index contributed by atoms with van der Waals surface area (Å²) in [4.78, 5) is 2.31. The van der Waals surface area contributed by atoms with Crippen molar-refractivity contribution >= 4 is 17.1 Å². The molecule has 4 nitrogen and oxygen atoms in total. The van der Waals surface area contributed by atoms with Gasteiger partial charge in [-0.2, -0.15) is 0 Å². The lowest BCUT2D eigenvalue weighted by Gasteiger charge is -2.30. The van der Waals surface area contributed by atoms with E-state index >= 15 is 0 Å². The Morgan fingerprint density at radius 1 is 1.11 bits per heavy atom. The first-order chi connectivity index (χ1) is 17.9. The molecule has 0 spiro atoms. The van der Waals surface area contributed by atoms with Gasteiger partial charge in [-0.25, -0.2) is 0 Å². The highest BCUT2D eigenvalue weighted by atomic mass is 15.1. The summed E-state index contributed by atoms with van der Waals surface area (Å²) in [5.74, 6) is 0.376. The highest BCUT2D eigenvalue weighted by Gasteiger charge is 2.25. The van der Waals surface area contributed by atoms with E-state index in [0.29, 0.717) is 5.92 Å². The third-order valence-electron chi connectivity index (χ3n) is 7.43. The Kier molecular flexibility index (Phi) is 12.8. The number of hydrogen-bond acceptors (Lipinski definition) is 4. The summed E-state index contributed by atoms with van der Waals surface area (Å²) >= 11 is 0. The Balaban J connectivity index is 0.00000112. The van der Waals surface area contributed by atoms with Gasteiger partial charge < -0.3 is 21.3 Å². The van der Waals surface area contributed by atoms with E-state index in [1.54, 1.807) is 6.20 Å². The molecule has 0 amide bonds. The van der Waals surface area contributed by atoms with Crippen molar-refractivity contribution in [2.45, 2.75) is 85.5 Å². The number of benzene rings is 2. The van der Waals surface area contributed by atoms with Crippen LogP contribution in [0.25, 0.3) is 16.8 Å². The Morgan fingerprint density at radius 2 is 1.81 bits per heavy atom. The van der Waals surface area contributed by atoms with Gasteiger partial charge in [0.05, 0.1) is 5.69 Å². The summed E-state index contributed by atoms with van der Waals surface area (Å²) < 4.78 is 0. The number of anilines is 2. The molecule has 0 saturated heterocycles. The van der Waals surface area contributed by atoms with Crippen LogP contribution in [0.5, 0.6) is 0 Å². The number of allylic oxidation sites excluding steroid dienone is 1. The number of fused-ring (bicyclic) bond motifs is 1. The molecule has 4 heteroatoms. The largest absolute Gasteiger partial charge is 0.398 e. The van der Waals surface area contributed by atoms with Crippen molar-refractivity contribution in [1.82, 2.24) is 5.32 Å². The van der Waals surface area contributed by atoms with Gasteiger partial charge in [0, 0.05) is 37.1 Å². The molecule has 1 atom stereocenters. The zero-order valence-electron chi connectivity index (χ0n) is 24.6. The molecule has 0 aromatic heterocycles. The van der Waals surface area contributed by atoms with E-state index in [4.69, 9.17) is 5.73 Å². The van der Waals surface area contributed by atoms with Crippen molar-refractivity contribution in [3.8, 4) is 11.1 Å². The second-order valence-corrected chi connectivity index (χ2v) is 10.2. The Bertz CT molecular complexity index is 1040. The van der Waals surface area contributed by atoms with Gasteiger partial charge >= 0.3 is 0 Å². The maximum atomic E-state index is 6.72. The molecule has 3 rings (SSSR count). The number of rotatable bonds is 12. The quantitative estimate of drug-likeness (QED) is 0.273. The fourth-order valence-electron chi connectivity index (χ4n) is 4.95. The van der Waals surface area contributed by atoms with E-state index in [1.165, 1.54) is 59.9 Å². The highest BCUT2D eigenvalue weighted by molar-refractivity contribution is 5.93. The van der Waals surface area contributed by atoms with Gasteiger partial charge in [-0.15, -0.1) is 0 Å². The molecular formula is C33H52N4. The number of hydrogen-bond donors (Lipinski definition) is 3. The molecule has 0 radical (unpaired) electrons. The van der Waals surface area contributed by atoms with Crippen LogP contribution in [0.15, 0.2) is 43.1 Å². The lowest BCUT2D eigenvalue weighted by molar-refractivity contribution is 0.735. The first-order valence-corrected chi connectivity index (χ1v) is 14.4. The third-order valence-corrected chi connectivity index (χ3v) is 7.43. The molecule has 0 bridgehead atoms. The van der Waals surface area contributed by atoms with Crippen LogP contribution in [0.1, 0.15) is 94.9 Å². The van der Waals surface area contributed by atoms with Crippen molar-refractivity contribution in [3.63, 3.8) is 0 Å². The molecule has 2 aromatic rings. The van der Waals surface area contributed by atoms with Gasteiger partial charge in [-0.05, 0) is 85.2 Å². The summed E-state index contributed by atoms with van der Waals surface area (Å²) in [7, 11) is 4.15. The molecular weight excluding hydrogens is 452 g/mol. The van der Waals surface area contributed by atoms with E-state index in [0.717, 1.165) is 48.6 Å². The van der Waals surface area contributed by atoms with Crippen molar-refractivity contribution < 1.29 is 0 Å². The fourth-order valence-corrected chi connectivity index (χ4v) is 4.95. The van der Waals surface area contributed by atoms with Crippen LogP contribution < -0.4 is 21.3 Å². The molecule has 2 aromatic carbocycles. The zero-order chi connectivity index (χ0) is 27.4. The number of likely N-dealkylation sites (N-methyl/N-ethyl adjacent to an activating group) is 2. The van der Waals surface area contributed by atoms with Crippen molar-refractivity contribution in [1.29, 1.82) is 0 Å². The van der Waals surface area contributed by atoms with Gasteiger partial charge in [0.25, 0.3) is 0 Å². The summed E-state index contributed by atoms with van der Waals surface area (Å²) in [6.45, 7) is 16.9. The normalized spacial score (nSPS) is 13.4. The number of aryl methyl sites for hydroxylation is 2.